The second-order valence-corrected chi connectivity index (χ2v) is 10.3. The molecular weight excluding hydrogens is 462 g/mol. The Hall–Kier alpha value is -2.63. The Kier molecular flexibility index (Phi) is 8.27. The number of cyclic esters (lactones) is 1. The van der Waals surface area contributed by atoms with E-state index in [0.717, 1.165) is 12.2 Å². The largest absolute Gasteiger partial charge is 0.436 e. The molecule has 0 bridgehead atoms. The molecule has 0 aliphatic carbocycles. The van der Waals surface area contributed by atoms with Crippen LogP contribution in [0.3, 0.4) is 0 Å². The summed E-state index contributed by atoms with van der Waals surface area (Å²) in [4.78, 5) is 45.4. The van der Waals surface area contributed by atoms with Gasteiger partial charge in [0.2, 0.25) is 0 Å². The molecule has 0 N–H and O–H groups in total. The van der Waals surface area contributed by atoms with Crippen molar-refractivity contribution in [1.29, 1.82) is 0 Å². The Bertz CT molecular complexity index is 991. The third-order valence-corrected chi connectivity index (χ3v) is 6.47. The molecular formula is C20H26ClN3O7S. The van der Waals surface area contributed by atoms with Crippen LogP contribution in [0, 0.1) is 0 Å². The standard InChI is InChI=1S/C20H26ClN3O7S/c1-20(2)23(12-11-22(3)4)19(27)24(31-18(26)10-9-17(25)30-20)13-14-32(28,29)16-7-5-15(21)6-8-16/h5-10H,11-14H2,1-4H3/b10-9-. The number of benzene rings is 1. The number of rotatable bonds is 7. The highest BCUT2D eigenvalue weighted by Crippen LogP contribution is 2.21. The molecule has 0 spiro atoms. The summed E-state index contributed by atoms with van der Waals surface area (Å²) < 4.78 is 30.7. The van der Waals surface area contributed by atoms with Crippen molar-refractivity contribution in [2.24, 2.45) is 0 Å². The number of carbonyl (C=O) groups excluding carboxylic acids is 3. The van der Waals surface area contributed by atoms with Crippen LogP contribution in [0.15, 0.2) is 41.3 Å². The van der Waals surface area contributed by atoms with Gasteiger partial charge in [0.15, 0.2) is 15.6 Å². The SMILES string of the molecule is CN(C)CCN1C(=O)N(CCS(=O)(=O)c2ccc(Cl)cc2)OC(=O)/C=C\C(=O)OC1(C)C. The van der Waals surface area contributed by atoms with Gasteiger partial charge in [-0.05, 0) is 52.2 Å². The molecule has 0 unspecified atom stereocenters. The van der Waals surface area contributed by atoms with Gasteiger partial charge in [-0.2, -0.15) is 5.06 Å². The van der Waals surface area contributed by atoms with Gasteiger partial charge in [0.25, 0.3) is 0 Å². The van der Waals surface area contributed by atoms with Gasteiger partial charge in [-0.1, -0.05) is 11.6 Å². The van der Waals surface area contributed by atoms with E-state index in [2.05, 4.69) is 0 Å². The zero-order valence-electron chi connectivity index (χ0n) is 18.3. The van der Waals surface area contributed by atoms with Crippen molar-refractivity contribution in [3.8, 4) is 0 Å². The van der Waals surface area contributed by atoms with E-state index in [-0.39, 0.29) is 11.4 Å². The Labute approximate surface area is 192 Å². The summed E-state index contributed by atoms with van der Waals surface area (Å²) in [5.74, 6) is -2.36. The highest BCUT2D eigenvalue weighted by Gasteiger charge is 2.39. The lowest BCUT2D eigenvalue weighted by Gasteiger charge is -2.40. The fourth-order valence-electron chi connectivity index (χ4n) is 2.78. The molecule has 1 heterocycles. The van der Waals surface area contributed by atoms with Gasteiger partial charge in [0.1, 0.15) is 0 Å². The van der Waals surface area contributed by atoms with Crippen LogP contribution in [0.2, 0.25) is 5.02 Å². The topological polar surface area (TPSA) is 114 Å². The molecule has 0 saturated carbocycles. The fraction of sp³-hybridized carbons (Fsp3) is 0.450. The van der Waals surface area contributed by atoms with Crippen molar-refractivity contribution >= 4 is 39.4 Å². The van der Waals surface area contributed by atoms with Gasteiger partial charge < -0.3 is 14.5 Å². The van der Waals surface area contributed by atoms with Crippen LogP contribution >= 0.6 is 11.6 Å². The second-order valence-electron chi connectivity index (χ2n) is 7.72. The van der Waals surface area contributed by atoms with Gasteiger partial charge in [-0.25, -0.2) is 22.8 Å². The first-order valence-corrected chi connectivity index (χ1v) is 11.7. The van der Waals surface area contributed by atoms with Crippen LogP contribution in [0.4, 0.5) is 4.79 Å². The van der Waals surface area contributed by atoms with Crippen molar-refractivity contribution < 1.29 is 32.4 Å². The van der Waals surface area contributed by atoms with E-state index < -0.39 is 45.8 Å². The van der Waals surface area contributed by atoms with Crippen molar-refractivity contribution in [1.82, 2.24) is 14.9 Å². The summed E-state index contributed by atoms with van der Waals surface area (Å²) in [6.07, 6.45) is 1.69. The van der Waals surface area contributed by atoms with Crippen molar-refractivity contribution in [2.45, 2.75) is 24.5 Å². The molecule has 12 heteroatoms. The minimum absolute atomic E-state index is 0.0142. The van der Waals surface area contributed by atoms with E-state index >= 15 is 0 Å². The lowest BCUT2D eigenvalue weighted by Crippen LogP contribution is -2.57. The Morgan fingerprint density at radius 1 is 1.00 bits per heavy atom. The normalized spacial score (nSPS) is 18.4. The average molecular weight is 488 g/mol. The first-order chi connectivity index (χ1) is 14.8. The molecule has 176 valence electrons. The predicted octanol–water partition coefficient (Wildman–Crippen LogP) is 1.71. The highest BCUT2D eigenvalue weighted by molar-refractivity contribution is 7.91. The predicted molar refractivity (Wildman–Crippen MR) is 116 cm³/mol. The van der Waals surface area contributed by atoms with E-state index in [1.807, 2.05) is 4.90 Å². The Balaban J connectivity index is 2.33. The van der Waals surface area contributed by atoms with Gasteiger partial charge >= 0.3 is 18.0 Å². The summed E-state index contributed by atoms with van der Waals surface area (Å²) >= 11 is 5.81. The van der Waals surface area contributed by atoms with Crippen LogP contribution in [-0.2, 0) is 29.0 Å². The number of amides is 2. The quantitative estimate of drug-likeness (QED) is 0.534. The molecule has 0 radical (unpaired) electrons. The van der Waals surface area contributed by atoms with Crippen LogP contribution in [0.5, 0.6) is 0 Å². The number of sulfone groups is 1. The smallest absolute Gasteiger partial charge is 0.356 e. The minimum atomic E-state index is -3.81. The maximum atomic E-state index is 13.3. The first kappa shape index (κ1) is 25.6. The molecule has 32 heavy (non-hydrogen) atoms. The number of carbonyl (C=O) groups is 3. The third kappa shape index (κ3) is 6.94. The van der Waals surface area contributed by atoms with Gasteiger partial charge in [-0.3, -0.25) is 4.90 Å². The highest BCUT2D eigenvalue weighted by atomic mass is 35.5. The summed E-state index contributed by atoms with van der Waals surface area (Å²) in [7, 11) is -0.218. The van der Waals surface area contributed by atoms with Crippen molar-refractivity contribution in [3.05, 3.63) is 41.4 Å². The number of ether oxygens (including phenoxy) is 1. The van der Waals surface area contributed by atoms with Crippen molar-refractivity contribution in [3.63, 3.8) is 0 Å². The van der Waals surface area contributed by atoms with Crippen LogP contribution in [0.1, 0.15) is 13.8 Å². The molecule has 2 amide bonds. The van der Waals surface area contributed by atoms with Crippen molar-refractivity contribution in [2.75, 3.05) is 39.5 Å². The average Bonchev–Trinajstić information content (AvgIpc) is 2.68. The molecule has 10 nitrogen and oxygen atoms in total. The number of esters is 1. The second kappa shape index (κ2) is 10.3. The molecule has 1 aromatic carbocycles. The molecule has 0 aromatic heterocycles. The van der Waals surface area contributed by atoms with Crippen LogP contribution in [0.25, 0.3) is 0 Å². The Morgan fingerprint density at radius 2 is 1.59 bits per heavy atom. The molecule has 1 aromatic rings. The first-order valence-electron chi connectivity index (χ1n) is 9.67. The maximum absolute atomic E-state index is 13.3. The number of hydrogen-bond donors (Lipinski definition) is 0. The number of halogens is 1. The lowest BCUT2D eigenvalue weighted by atomic mass is 10.2. The number of likely N-dealkylation sites (N-methyl/N-ethyl adjacent to an activating group) is 1. The molecule has 2 rings (SSSR count). The summed E-state index contributed by atoms with van der Waals surface area (Å²) in [6.45, 7) is 3.11. The molecule has 1 aliphatic rings. The number of nitrogens with zero attached hydrogens (tertiary/aromatic N) is 3. The minimum Gasteiger partial charge on any atom is -0.436 e. The lowest BCUT2D eigenvalue weighted by molar-refractivity contribution is -0.185. The molecule has 0 fully saturated rings. The zero-order valence-corrected chi connectivity index (χ0v) is 19.9. The van der Waals surface area contributed by atoms with E-state index in [1.54, 1.807) is 14.1 Å². The maximum Gasteiger partial charge on any atom is 0.356 e. The summed E-state index contributed by atoms with van der Waals surface area (Å²) in [5.41, 5.74) is -1.40. The van der Waals surface area contributed by atoms with E-state index in [4.69, 9.17) is 21.2 Å². The van der Waals surface area contributed by atoms with E-state index in [9.17, 15) is 22.8 Å². The number of hydrogen-bond acceptors (Lipinski definition) is 8. The number of urea groups is 1. The molecule has 0 atom stereocenters. The fourth-order valence-corrected chi connectivity index (χ4v) is 4.10. The zero-order chi connectivity index (χ0) is 24.1. The van der Waals surface area contributed by atoms with Gasteiger partial charge in [-0.15, -0.1) is 0 Å². The Morgan fingerprint density at radius 3 is 2.19 bits per heavy atom. The monoisotopic (exact) mass is 487 g/mol. The number of hydroxylamine groups is 2. The summed E-state index contributed by atoms with van der Waals surface area (Å²) in [6, 6.07) is 4.76. The van der Waals surface area contributed by atoms with Gasteiger partial charge in [0.05, 0.1) is 17.2 Å². The van der Waals surface area contributed by atoms with E-state index in [0.29, 0.717) is 16.6 Å². The van der Waals surface area contributed by atoms with Gasteiger partial charge in [0, 0.05) is 30.3 Å². The third-order valence-electron chi connectivity index (χ3n) is 4.51. The van der Waals surface area contributed by atoms with Crippen LogP contribution in [-0.4, -0.2) is 86.5 Å². The molecule has 1 aliphatic heterocycles. The van der Waals surface area contributed by atoms with E-state index in [1.165, 1.54) is 43.0 Å². The van der Waals surface area contributed by atoms with Crippen LogP contribution < -0.4 is 0 Å². The summed E-state index contributed by atoms with van der Waals surface area (Å²) in [5, 5.41) is 1.04. The molecule has 0 saturated heterocycles.